The van der Waals surface area contributed by atoms with Crippen LogP contribution in [0.25, 0.3) is 0 Å². The maximum atomic E-state index is 14.5. The highest BCUT2D eigenvalue weighted by atomic mass is 127. The molecule has 0 saturated heterocycles. The van der Waals surface area contributed by atoms with Gasteiger partial charge in [-0.1, -0.05) is 85.7 Å². The molecule has 0 aromatic heterocycles. The van der Waals surface area contributed by atoms with Crippen LogP contribution in [-0.2, 0) is 54.8 Å². The zero-order valence-corrected chi connectivity index (χ0v) is 53.7. The maximum absolute atomic E-state index is 14.5. The number of primary amides is 1. The van der Waals surface area contributed by atoms with E-state index in [1.165, 1.54) is 12.1 Å². The van der Waals surface area contributed by atoms with Crippen LogP contribution in [0.2, 0.25) is 0 Å². The lowest BCUT2D eigenvalue weighted by Gasteiger charge is -2.30. The number of nitrogens with zero attached hydrogens (tertiary/aromatic N) is 1. The zero-order chi connectivity index (χ0) is 63.1. The van der Waals surface area contributed by atoms with Crippen LogP contribution in [0.4, 0.5) is 0 Å². The van der Waals surface area contributed by atoms with Crippen LogP contribution < -0.4 is 65.9 Å². The van der Waals surface area contributed by atoms with E-state index in [0.717, 1.165) is 13.4 Å². The molecule has 8 amide bonds. The van der Waals surface area contributed by atoms with E-state index in [1.54, 1.807) is 12.1 Å². The van der Waals surface area contributed by atoms with Crippen LogP contribution in [0, 0.1) is 27.2 Å². The lowest BCUT2D eigenvalue weighted by atomic mass is 9.98. The SMILES string of the molecule is CC(C)C[C@@H](CN(CC(N)=O)S(=O)(=O)c1ccc(I)cc1)NC(=O)[C@H](CCCCN)NC(=O)[C@H](CCCCN)NC(=O)[C@H](CC(C)C)NC(=O)[C@H](CC(C)C)NC(=O)[C@H](CCCCN)NC(=O)[C@H](CC(C)C)NC(=O)[C@@H](N)Cc1ccccc1. The summed E-state index contributed by atoms with van der Waals surface area (Å²) in [7, 11) is -4.27. The highest BCUT2D eigenvalue weighted by Gasteiger charge is 2.36. The van der Waals surface area contributed by atoms with Crippen molar-refractivity contribution in [1.82, 2.24) is 41.5 Å². The minimum Gasteiger partial charge on any atom is -0.369 e. The fraction of sp³-hybridized carbons (Fsp3) is 0.661. The molecule has 474 valence electrons. The first-order valence-electron chi connectivity index (χ1n) is 29.7. The van der Waals surface area contributed by atoms with Crippen LogP contribution in [0.15, 0.2) is 59.5 Å². The fourth-order valence-corrected chi connectivity index (χ4v) is 11.3. The van der Waals surface area contributed by atoms with Crippen molar-refractivity contribution in [3.05, 3.63) is 63.7 Å². The predicted molar refractivity (Wildman–Crippen MR) is 335 cm³/mol. The number of hydrogen-bond donors (Lipinski definition) is 12. The van der Waals surface area contributed by atoms with Crippen molar-refractivity contribution >= 4 is 79.9 Å². The molecule has 84 heavy (non-hydrogen) atoms. The number of hydrogen-bond acceptors (Lipinski definition) is 14. The summed E-state index contributed by atoms with van der Waals surface area (Å²) >= 11 is 2.05. The molecular formula is C59H100IN13O10S. The number of rotatable bonds is 42. The molecule has 0 saturated carbocycles. The molecule has 0 aliphatic heterocycles. The second kappa shape index (κ2) is 39.4. The van der Waals surface area contributed by atoms with Crippen molar-refractivity contribution in [3.8, 4) is 0 Å². The number of unbranched alkanes of at least 4 members (excludes halogenated alkanes) is 3. The number of amides is 8. The first-order chi connectivity index (χ1) is 39.6. The Bertz CT molecular complexity index is 2470. The third kappa shape index (κ3) is 28.7. The summed E-state index contributed by atoms with van der Waals surface area (Å²) in [6.07, 6.45) is 4.25. The number of carbonyl (C=O) groups is 8. The molecule has 23 nitrogen and oxygen atoms in total. The molecule has 17 N–H and O–H groups in total. The first-order valence-corrected chi connectivity index (χ1v) is 32.2. The van der Waals surface area contributed by atoms with Crippen molar-refractivity contribution < 1.29 is 46.8 Å². The molecule has 0 spiro atoms. The maximum Gasteiger partial charge on any atom is 0.243 e. The van der Waals surface area contributed by atoms with E-state index in [2.05, 4.69) is 37.2 Å². The summed E-state index contributed by atoms with van der Waals surface area (Å²) < 4.78 is 29.6. The number of benzene rings is 2. The second-order valence-electron chi connectivity index (χ2n) is 23.5. The number of nitrogens with one attached hydrogen (secondary N) is 7. The van der Waals surface area contributed by atoms with E-state index in [4.69, 9.17) is 28.7 Å². The molecule has 2 aromatic carbocycles. The van der Waals surface area contributed by atoms with Crippen molar-refractivity contribution in [2.24, 2.45) is 52.3 Å². The van der Waals surface area contributed by atoms with Crippen LogP contribution in [-0.4, -0.2) is 141 Å². The Hall–Kier alpha value is -5.32. The van der Waals surface area contributed by atoms with Gasteiger partial charge in [0.25, 0.3) is 0 Å². The van der Waals surface area contributed by atoms with Crippen LogP contribution in [0.3, 0.4) is 0 Å². The smallest absolute Gasteiger partial charge is 0.243 e. The molecule has 0 unspecified atom stereocenters. The standard InChI is InChI=1S/C59H100IN13O10S/c1-37(2)30-43(35-73(36-52(65)74)84(82,83)44-25-23-42(60)24-26-44)66-54(76)46(20-12-15-27-61)67-55(77)47(21-13-16-28-62)68-58(80)50(32-39(5)6)72-59(81)51(33-40(7)8)71-56(78)48(22-14-17-29-63)69-57(79)49(31-38(3)4)70-53(75)45(64)34-41-18-10-9-11-19-41/h9-11,18-19,23-26,37-40,43,45-51H,12-17,20-22,27-36,61-64H2,1-8H3,(H2,65,74)(H,66,76)(H,67,77)(H,68,80)(H,69,79)(H,70,75)(H,71,78)(H,72,81)/t43-,45-,46-,47-,48-,49-,50-,51-/m0/s1. The number of nitrogens with two attached hydrogens (primary N) is 5. The first kappa shape index (κ1) is 74.8. The Morgan fingerprint density at radius 2 is 0.821 bits per heavy atom. The monoisotopic (exact) mass is 1310 g/mol. The van der Waals surface area contributed by atoms with Crippen LogP contribution >= 0.6 is 22.6 Å². The third-order valence-corrected chi connectivity index (χ3v) is 16.3. The largest absolute Gasteiger partial charge is 0.369 e. The van der Waals surface area contributed by atoms with E-state index in [0.29, 0.717) is 58.2 Å². The molecule has 0 aliphatic rings. The minimum absolute atomic E-state index is 0.0366. The molecule has 8 atom stereocenters. The van der Waals surface area contributed by atoms with Crippen molar-refractivity contribution in [2.45, 2.75) is 199 Å². The lowest BCUT2D eigenvalue weighted by Crippen LogP contribution is -2.60. The Morgan fingerprint density at radius 1 is 0.476 bits per heavy atom. The average Bonchev–Trinajstić information content (AvgIpc) is 3.60. The minimum atomic E-state index is -4.27. The molecule has 2 rings (SSSR count). The average molecular weight is 1310 g/mol. The van der Waals surface area contributed by atoms with Crippen molar-refractivity contribution in [3.63, 3.8) is 0 Å². The second-order valence-corrected chi connectivity index (χ2v) is 26.6. The van der Waals surface area contributed by atoms with Crippen molar-refractivity contribution in [1.29, 1.82) is 0 Å². The molecule has 25 heteroatoms. The van der Waals surface area contributed by atoms with Crippen LogP contribution in [0.1, 0.15) is 144 Å². The van der Waals surface area contributed by atoms with Gasteiger partial charge in [-0.25, -0.2) is 8.42 Å². The Labute approximate surface area is 512 Å². The van der Waals surface area contributed by atoms with Gasteiger partial charge in [0.1, 0.15) is 36.3 Å². The van der Waals surface area contributed by atoms with Gasteiger partial charge in [0.05, 0.1) is 17.5 Å². The van der Waals surface area contributed by atoms with E-state index in [9.17, 15) is 46.8 Å². The third-order valence-electron chi connectivity index (χ3n) is 13.7. The molecule has 0 bridgehead atoms. The summed E-state index contributed by atoms with van der Waals surface area (Å²) in [5.41, 5.74) is 30.2. The Balaban J connectivity index is 2.45. The summed E-state index contributed by atoms with van der Waals surface area (Å²) in [6, 6.07) is 6.56. The topological polar surface area (TPSA) is 388 Å². The van der Waals surface area contributed by atoms with E-state index < -0.39 is 112 Å². The summed E-state index contributed by atoms with van der Waals surface area (Å²) in [5, 5.41) is 19.9. The number of sulfonamides is 1. The van der Waals surface area contributed by atoms with E-state index >= 15 is 0 Å². The quantitative estimate of drug-likeness (QED) is 0.0335. The highest BCUT2D eigenvalue weighted by molar-refractivity contribution is 14.1. The van der Waals surface area contributed by atoms with Gasteiger partial charge in [0.15, 0.2) is 0 Å². The van der Waals surface area contributed by atoms with Gasteiger partial charge in [0, 0.05) is 16.2 Å². The van der Waals surface area contributed by atoms with E-state index in [-0.39, 0.29) is 86.5 Å². The van der Waals surface area contributed by atoms with Gasteiger partial charge in [-0.2, -0.15) is 4.31 Å². The van der Waals surface area contributed by atoms with Gasteiger partial charge >= 0.3 is 0 Å². The van der Waals surface area contributed by atoms with Crippen LogP contribution in [0.5, 0.6) is 0 Å². The molecular weight excluding hydrogens is 1210 g/mol. The number of halogens is 1. The highest BCUT2D eigenvalue weighted by Crippen LogP contribution is 2.20. The zero-order valence-electron chi connectivity index (χ0n) is 50.8. The molecule has 0 heterocycles. The predicted octanol–water partition coefficient (Wildman–Crippen LogP) is 2.30. The summed E-state index contributed by atoms with van der Waals surface area (Å²) in [4.78, 5) is 112. The lowest BCUT2D eigenvalue weighted by molar-refractivity contribution is -0.136. The van der Waals surface area contributed by atoms with Gasteiger partial charge in [-0.3, -0.25) is 38.4 Å². The number of carbonyl (C=O) groups excluding carboxylic acids is 8. The summed E-state index contributed by atoms with van der Waals surface area (Å²) in [6.45, 7) is 15.0. The molecule has 2 aromatic rings. The summed E-state index contributed by atoms with van der Waals surface area (Å²) in [5.74, 6) is -5.78. The van der Waals surface area contributed by atoms with Gasteiger partial charge in [-0.15, -0.1) is 0 Å². The fourth-order valence-electron chi connectivity index (χ4n) is 9.47. The Kier molecular flexibility index (Phi) is 35.1. The van der Waals surface area contributed by atoms with E-state index in [1.807, 2.05) is 108 Å². The van der Waals surface area contributed by atoms with Gasteiger partial charge in [0.2, 0.25) is 57.3 Å². The molecule has 0 aliphatic carbocycles. The van der Waals surface area contributed by atoms with Gasteiger partial charge < -0.3 is 65.9 Å². The molecule has 0 fully saturated rings. The Morgan fingerprint density at radius 3 is 1.18 bits per heavy atom. The normalized spacial score (nSPS) is 14.6. The van der Waals surface area contributed by atoms with Gasteiger partial charge in [-0.05, 0) is 186 Å². The molecule has 0 radical (unpaired) electrons. The van der Waals surface area contributed by atoms with Crippen molar-refractivity contribution in [2.75, 3.05) is 32.7 Å².